The number of benzene rings is 3. The van der Waals surface area contributed by atoms with Crippen LogP contribution < -0.4 is 0 Å². The fraction of sp³-hybridized carbons (Fsp3) is 0.217. The summed E-state index contributed by atoms with van der Waals surface area (Å²) in [7, 11) is 1.58. The number of hydrogen-bond donors (Lipinski definition) is 1. The summed E-state index contributed by atoms with van der Waals surface area (Å²) in [6.07, 6.45) is -0.384. The lowest BCUT2D eigenvalue weighted by atomic mass is 9.80. The molecule has 3 aromatic rings. The molecule has 0 aliphatic heterocycles. The van der Waals surface area contributed by atoms with Gasteiger partial charge in [0.2, 0.25) is 0 Å². The highest BCUT2D eigenvalue weighted by atomic mass is 16.5. The Morgan fingerprint density at radius 2 is 1.12 bits per heavy atom. The molecular weight excluding hydrogens is 324 g/mol. The maximum Gasteiger partial charge on any atom is 0.143 e. The van der Waals surface area contributed by atoms with Gasteiger partial charge in [0.15, 0.2) is 0 Å². The van der Waals surface area contributed by atoms with Gasteiger partial charge in [0.25, 0.3) is 0 Å². The van der Waals surface area contributed by atoms with Gasteiger partial charge in [-0.15, -0.1) is 0 Å². The van der Waals surface area contributed by atoms with E-state index in [1.54, 1.807) is 7.11 Å². The molecule has 0 spiro atoms. The molecule has 0 saturated heterocycles. The maximum absolute atomic E-state index is 9.53. The van der Waals surface area contributed by atoms with E-state index < -0.39 is 5.60 Å². The Labute approximate surface area is 154 Å². The SMILES string of the molecule is CO[C@H](CO)COC(c1ccccc1)(c1ccccc1)c1ccccc1. The van der Waals surface area contributed by atoms with Gasteiger partial charge >= 0.3 is 0 Å². The molecule has 26 heavy (non-hydrogen) atoms. The molecular formula is C23H24O3. The van der Waals surface area contributed by atoms with E-state index in [1.807, 2.05) is 54.6 Å². The van der Waals surface area contributed by atoms with Gasteiger partial charge in [-0.3, -0.25) is 0 Å². The van der Waals surface area contributed by atoms with Gasteiger partial charge in [0.05, 0.1) is 13.2 Å². The first kappa shape index (κ1) is 18.3. The largest absolute Gasteiger partial charge is 0.394 e. The Morgan fingerprint density at radius 3 is 1.42 bits per heavy atom. The van der Waals surface area contributed by atoms with Crippen molar-refractivity contribution in [2.45, 2.75) is 11.7 Å². The summed E-state index contributed by atoms with van der Waals surface area (Å²) in [5.41, 5.74) is 2.32. The lowest BCUT2D eigenvalue weighted by molar-refractivity contribution is -0.0670. The van der Waals surface area contributed by atoms with Crippen LogP contribution in [0.1, 0.15) is 16.7 Å². The third-order valence-corrected chi connectivity index (χ3v) is 4.56. The quantitative estimate of drug-likeness (QED) is 0.625. The number of methoxy groups -OCH3 is 1. The molecule has 3 aromatic carbocycles. The Balaban J connectivity index is 2.18. The molecule has 3 rings (SSSR count). The zero-order valence-electron chi connectivity index (χ0n) is 14.9. The molecule has 1 N–H and O–H groups in total. The molecule has 0 fully saturated rings. The molecule has 1 atom stereocenters. The van der Waals surface area contributed by atoms with Crippen LogP contribution in [0.15, 0.2) is 91.0 Å². The summed E-state index contributed by atoms with van der Waals surface area (Å²) >= 11 is 0. The van der Waals surface area contributed by atoms with E-state index in [-0.39, 0.29) is 19.3 Å². The van der Waals surface area contributed by atoms with Crippen LogP contribution in [-0.4, -0.2) is 31.5 Å². The first-order chi connectivity index (χ1) is 12.8. The minimum Gasteiger partial charge on any atom is -0.394 e. The van der Waals surface area contributed by atoms with Crippen LogP contribution in [-0.2, 0) is 15.1 Å². The molecule has 0 heterocycles. The Hall–Kier alpha value is -2.46. The molecule has 0 aromatic heterocycles. The third-order valence-electron chi connectivity index (χ3n) is 4.56. The number of aliphatic hydroxyl groups is 1. The Morgan fingerprint density at radius 1 is 0.731 bits per heavy atom. The van der Waals surface area contributed by atoms with E-state index in [2.05, 4.69) is 36.4 Å². The second-order valence-corrected chi connectivity index (χ2v) is 6.13. The molecule has 0 saturated carbocycles. The molecule has 0 unspecified atom stereocenters. The summed E-state index contributed by atoms with van der Waals surface area (Å²) in [6.45, 7) is 0.177. The highest BCUT2D eigenvalue weighted by Crippen LogP contribution is 2.40. The number of aliphatic hydroxyl groups excluding tert-OH is 1. The smallest absolute Gasteiger partial charge is 0.143 e. The second-order valence-electron chi connectivity index (χ2n) is 6.13. The van der Waals surface area contributed by atoms with Gasteiger partial charge in [0, 0.05) is 7.11 Å². The van der Waals surface area contributed by atoms with Crippen molar-refractivity contribution < 1.29 is 14.6 Å². The minimum absolute atomic E-state index is 0.0923. The van der Waals surface area contributed by atoms with Crippen LogP contribution in [0, 0.1) is 0 Å². The molecule has 0 aliphatic carbocycles. The predicted octanol–water partition coefficient (Wildman–Crippen LogP) is 4.00. The van der Waals surface area contributed by atoms with E-state index in [0.29, 0.717) is 0 Å². The summed E-state index contributed by atoms with van der Waals surface area (Å²) in [4.78, 5) is 0. The normalized spacial score (nSPS) is 12.7. The van der Waals surface area contributed by atoms with Crippen molar-refractivity contribution in [1.82, 2.24) is 0 Å². The summed E-state index contributed by atoms with van der Waals surface area (Å²) in [5.74, 6) is 0. The first-order valence-electron chi connectivity index (χ1n) is 8.75. The van der Waals surface area contributed by atoms with Crippen LogP contribution in [0.5, 0.6) is 0 Å². The van der Waals surface area contributed by atoms with E-state index in [1.165, 1.54) is 0 Å². The van der Waals surface area contributed by atoms with E-state index in [4.69, 9.17) is 9.47 Å². The fourth-order valence-electron chi connectivity index (χ4n) is 3.18. The maximum atomic E-state index is 9.53. The Kier molecular flexibility index (Phi) is 6.18. The summed E-state index contributed by atoms with van der Waals surface area (Å²) < 4.78 is 11.9. The summed E-state index contributed by atoms with van der Waals surface area (Å²) in [6, 6.07) is 30.5. The van der Waals surface area contributed by atoms with Crippen molar-refractivity contribution in [3.05, 3.63) is 108 Å². The number of hydrogen-bond acceptors (Lipinski definition) is 3. The zero-order valence-corrected chi connectivity index (χ0v) is 14.9. The van der Waals surface area contributed by atoms with Gasteiger partial charge in [-0.1, -0.05) is 91.0 Å². The third kappa shape index (κ3) is 3.70. The average Bonchev–Trinajstić information content (AvgIpc) is 2.74. The van der Waals surface area contributed by atoms with Gasteiger partial charge in [-0.2, -0.15) is 0 Å². The standard InChI is InChI=1S/C23H24O3/c1-25-22(17-24)18-26-23(19-11-5-2-6-12-19,20-13-7-3-8-14-20)21-15-9-4-10-16-21/h2-16,22,24H,17-18H2,1H3/t22-/m1/s1. The fourth-order valence-corrected chi connectivity index (χ4v) is 3.18. The van der Waals surface area contributed by atoms with Crippen molar-refractivity contribution in [3.63, 3.8) is 0 Å². The van der Waals surface area contributed by atoms with Crippen LogP contribution in [0.4, 0.5) is 0 Å². The topological polar surface area (TPSA) is 38.7 Å². The van der Waals surface area contributed by atoms with Crippen molar-refractivity contribution in [3.8, 4) is 0 Å². The number of rotatable bonds is 8. The van der Waals surface area contributed by atoms with Crippen molar-refractivity contribution in [2.24, 2.45) is 0 Å². The van der Waals surface area contributed by atoms with Crippen molar-refractivity contribution in [2.75, 3.05) is 20.3 Å². The minimum atomic E-state index is -0.782. The van der Waals surface area contributed by atoms with E-state index >= 15 is 0 Å². The highest BCUT2D eigenvalue weighted by Gasteiger charge is 2.38. The van der Waals surface area contributed by atoms with Crippen LogP contribution >= 0.6 is 0 Å². The van der Waals surface area contributed by atoms with Crippen LogP contribution in [0.3, 0.4) is 0 Å². The zero-order chi connectivity index (χ0) is 18.2. The molecule has 0 radical (unpaired) electrons. The average molecular weight is 348 g/mol. The van der Waals surface area contributed by atoms with Crippen LogP contribution in [0.2, 0.25) is 0 Å². The molecule has 0 amide bonds. The molecule has 0 bridgehead atoms. The molecule has 134 valence electrons. The lowest BCUT2D eigenvalue weighted by Crippen LogP contribution is -2.37. The van der Waals surface area contributed by atoms with E-state index in [9.17, 15) is 5.11 Å². The van der Waals surface area contributed by atoms with Gasteiger partial charge in [-0.05, 0) is 16.7 Å². The van der Waals surface area contributed by atoms with Gasteiger partial charge in [0.1, 0.15) is 11.7 Å². The second kappa shape index (κ2) is 8.77. The predicted molar refractivity (Wildman–Crippen MR) is 103 cm³/mol. The Bertz CT molecular complexity index is 672. The molecule has 0 aliphatic rings. The van der Waals surface area contributed by atoms with Crippen molar-refractivity contribution >= 4 is 0 Å². The molecule has 3 nitrogen and oxygen atoms in total. The van der Waals surface area contributed by atoms with Crippen LogP contribution in [0.25, 0.3) is 0 Å². The van der Waals surface area contributed by atoms with Gasteiger partial charge in [-0.25, -0.2) is 0 Å². The summed E-state index contributed by atoms with van der Waals surface area (Å²) in [5, 5.41) is 9.53. The lowest BCUT2D eigenvalue weighted by Gasteiger charge is -2.36. The van der Waals surface area contributed by atoms with Crippen molar-refractivity contribution in [1.29, 1.82) is 0 Å². The first-order valence-corrected chi connectivity index (χ1v) is 8.75. The number of ether oxygens (including phenoxy) is 2. The molecule has 3 heteroatoms. The highest BCUT2D eigenvalue weighted by molar-refractivity contribution is 5.47. The van der Waals surface area contributed by atoms with Gasteiger partial charge < -0.3 is 14.6 Å². The van der Waals surface area contributed by atoms with E-state index in [0.717, 1.165) is 16.7 Å². The monoisotopic (exact) mass is 348 g/mol.